The summed E-state index contributed by atoms with van der Waals surface area (Å²) in [5.41, 5.74) is 2.32. The summed E-state index contributed by atoms with van der Waals surface area (Å²) >= 11 is 3.36. The lowest BCUT2D eigenvalue weighted by molar-refractivity contribution is -0.123. The molecule has 0 atom stereocenters. The van der Waals surface area contributed by atoms with Gasteiger partial charge >= 0.3 is 0 Å². The Morgan fingerprint density at radius 2 is 1.38 bits per heavy atom. The van der Waals surface area contributed by atoms with Gasteiger partial charge in [-0.2, -0.15) is 0 Å². The number of rotatable bonds is 4. The lowest BCUT2D eigenvalue weighted by Crippen LogP contribution is -2.23. The minimum Gasteiger partial charge on any atom is -0.325 e. The van der Waals surface area contributed by atoms with Crippen LogP contribution in [0.4, 0.5) is 11.4 Å². The number of halogens is 1. The van der Waals surface area contributed by atoms with Gasteiger partial charge in [0.1, 0.15) is 6.42 Å². The van der Waals surface area contributed by atoms with Gasteiger partial charge in [0.2, 0.25) is 11.8 Å². The number of hydrogen-bond acceptors (Lipinski definition) is 2. The van der Waals surface area contributed by atoms with E-state index >= 15 is 0 Å². The molecule has 0 saturated heterocycles. The SMILES string of the molecule is CC(C)(C)c1ccccc1NC(=O)CC(=O)Nc1ccccc1Br. The molecular formula is C19H21BrN2O2. The molecule has 0 fully saturated rings. The fraction of sp³-hybridized carbons (Fsp3) is 0.263. The van der Waals surface area contributed by atoms with Crippen molar-refractivity contribution in [2.24, 2.45) is 0 Å². The van der Waals surface area contributed by atoms with Crippen LogP contribution in [0.3, 0.4) is 0 Å². The Morgan fingerprint density at radius 1 is 0.875 bits per heavy atom. The summed E-state index contributed by atoms with van der Waals surface area (Å²) in [5.74, 6) is -0.691. The second-order valence-corrected chi connectivity index (χ2v) is 7.40. The molecule has 4 nitrogen and oxygen atoms in total. The molecular weight excluding hydrogens is 368 g/mol. The minimum absolute atomic E-state index is 0.0962. The average Bonchev–Trinajstić information content (AvgIpc) is 2.49. The summed E-state index contributed by atoms with van der Waals surface area (Å²) in [4.78, 5) is 24.2. The van der Waals surface area contributed by atoms with Gasteiger partial charge in [0.15, 0.2) is 0 Å². The molecule has 126 valence electrons. The van der Waals surface area contributed by atoms with Crippen molar-refractivity contribution in [3.63, 3.8) is 0 Å². The van der Waals surface area contributed by atoms with Crippen molar-refractivity contribution in [1.29, 1.82) is 0 Å². The van der Waals surface area contributed by atoms with Gasteiger partial charge < -0.3 is 10.6 Å². The molecule has 0 bridgehead atoms. The van der Waals surface area contributed by atoms with Crippen molar-refractivity contribution in [2.75, 3.05) is 10.6 Å². The molecule has 0 unspecified atom stereocenters. The molecule has 0 saturated carbocycles. The molecule has 2 amide bonds. The maximum absolute atomic E-state index is 12.2. The van der Waals surface area contributed by atoms with E-state index in [-0.39, 0.29) is 23.7 Å². The van der Waals surface area contributed by atoms with Gasteiger partial charge in [-0.3, -0.25) is 9.59 Å². The van der Waals surface area contributed by atoms with Crippen LogP contribution in [0, 0.1) is 0 Å². The van der Waals surface area contributed by atoms with E-state index in [1.165, 1.54) is 0 Å². The van der Waals surface area contributed by atoms with Gasteiger partial charge in [0.25, 0.3) is 0 Å². The molecule has 0 aliphatic rings. The highest BCUT2D eigenvalue weighted by Gasteiger charge is 2.19. The average molecular weight is 389 g/mol. The van der Waals surface area contributed by atoms with E-state index in [0.29, 0.717) is 5.69 Å². The lowest BCUT2D eigenvalue weighted by Gasteiger charge is -2.23. The third-order valence-electron chi connectivity index (χ3n) is 3.48. The van der Waals surface area contributed by atoms with Crippen LogP contribution in [0.2, 0.25) is 0 Å². The molecule has 2 rings (SSSR count). The summed E-state index contributed by atoms with van der Waals surface area (Å²) in [6, 6.07) is 14.9. The van der Waals surface area contributed by atoms with Crippen molar-refractivity contribution in [1.82, 2.24) is 0 Å². The monoisotopic (exact) mass is 388 g/mol. The number of hydrogen-bond donors (Lipinski definition) is 2. The van der Waals surface area contributed by atoms with Crippen LogP contribution >= 0.6 is 15.9 Å². The first-order valence-electron chi connectivity index (χ1n) is 7.71. The predicted octanol–water partition coefficient (Wildman–Crippen LogP) is 4.71. The quantitative estimate of drug-likeness (QED) is 0.744. The first kappa shape index (κ1) is 18.2. The second-order valence-electron chi connectivity index (χ2n) is 6.55. The topological polar surface area (TPSA) is 58.2 Å². The number of benzene rings is 2. The van der Waals surface area contributed by atoms with Crippen molar-refractivity contribution in [3.05, 3.63) is 58.6 Å². The summed E-state index contributed by atoms with van der Waals surface area (Å²) in [6.45, 7) is 6.24. The Balaban J connectivity index is 2.02. The fourth-order valence-electron chi connectivity index (χ4n) is 2.34. The molecule has 0 aliphatic carbocycles. The van der Waals surface area contributed by atoms with Crippen LogP contribution in [0.5, 0.6) is 0 Å². The summed E-state index contributed by atoms with van der Waals surface area (Å²) in [6.07, 6.45) is -0.236. The third-order valence-corrected chi connectivity index (χ3v) is 4.17. The van der Waals surface area contributed by atoms with E-state index in [4.69, 9.17) is 0 Å². The third kappa shape index (κ3) is 4.93. The van der Waals surface area contributed by atoms with Crippen LogP contribution in [-0.4, -0.2) is 11.8 Å². The molecule has 2 aromatic carbocycles. The van der Waals surface area contributed by atoms with Crippen molar-refractivity contribution in [2.45, 2.75) is 32.6 Å². The number of carbonyl (C=O) groups excluding carboxylic acids is 2. The van der Waals surface area contributed by atoms with E-state index in [9.17, 15) is 9.59 Å². The maximum atomic E-state index is 12.2. The first-order valence-corrected chi connectivity index (χ1v) is 8.50. The standard InChI is InChI=1S/C19H21BrN2O2/c1-19(2,3)13-8-4-6-10-15(13)21-17(23)12-18(24)22-16-11-7-5-9-14(16)20/h4-11H,12H2,1-3H3,(H,21,23)(H,22,24). The van der Waals surface area contributed by atoms with E-state index in [2.05, 4.69) is 47.3 Å². The highest BCUT2D eigenvalue weighted by molar-refractivity contribution is 9.10. The Morgan fingerprint density at radius 3 is 1.96 bits per heavy atom. The largest absolute Gasteiger partial charge is 0.325 e. The van der Waals surface area contributed by atoms with Crippen LogP contribution in [0.1, 0.15) is 32.8 Å². The van der Waals surface area contributed by atoms with Gasteiger partial charge in [-0.05, 0) is 45.1 Å². The van der Waals surface area contributed by atoms with Crippen molar-refractivity contribution in [3.8, 4) is 0 Å². The molecule has 0 aliphatic heterocycles. The lowest BCUT2D eigenvalue weighted by atomic mass is 9.86. The van der Waals surface area contributed by atoms with Gasteiger partial charge in [-0.25, -0.2) is 0 Å². The molecule has 0 aromatic heterocycles. The van der Waals surface area contributed by atoms with Gasteiger partial charge in [0.05, 0.1) is 5.69 Å². The predicted molar refractivity (Wildman–Crippen MR) is 101 cm³/mol. The molecule has 0 spiro atoms. The zero-order valence-corrected chi connectivity index (χ0v) is 15.6. The van der Waals surface area contributed by atoms with Crippen molar-refractivity contribution < 1.29 is 9.59 Å². The number of para-hydroxylation sites is 2. The maximum Gasteiger partial charge on any atom is 0.233 e. The fourth-order valence-corrected chi connectivity index (χ4v) is 2.73. The molecule has 0 radical (unpaired) electrons. The molecule has 2 aromatic rings. The van der Waals surface area contributed by atoms with Gasteiger partial charge in [-0.1, -0.05) is 51.1 Å². The van der Waals surface area contributed by atoms with E-state index < -0.39 is 0 Å². The minimum atomic E-state index is -0.354. The summed E-state index contributed by atoms with van der Waals surface area (Å²) in [5, 5.41) is 5.56. The Kier molecular flexibility index (Phi) is 5.78. The molecule has 24 heavy (non-hydrogen) atoms. The number of nitrogens with one attached hydrogen (secondary N) is 2. The normalized spacial score (nSPS) is 11.0. The number of carbonyl (C=O) groups is 2. The second kappa shape index (κ2) is 7.62. The van der Waals surface area contributed by atoms with Gasteiger partial charge in [0, 0.05) is 10.2 Å². The zero-order chi connectivity index (χ0) is 17.7. The van der Waals surface area contributed by atoms with Crippen molar-refractivity contribution >= 4 is 39.1 Å². The van der Waals surface area contributed by atoms with Gasteiger partial charge in [-0.15, -0.1) is 0 Å². The van der Waals surface area contributed by atoms with Crippen LogP contribution in [0.25, 0.3) is 0 Å². The Labute approximate surface area is 150 Å². The highest BCUT2D eigenvalue weighted by atomic mass is 79.9. The van der Waals surface area contributed by atoms with Crippen LogP contribution in [-0.2, 0) is 15.0 Å². The Hall–Kier alpha value is -2.14. The summed E-state index contributed by atoms with van der Waals surface area (Å²) in [7, 11) is 0. The smallest absolute Gasteiger partial charge is 0.233 e. The van der Waals surface area contributed by atoms with E-state index in [1.54, 1.807) is 6.07 Å². The molecule has 0 heterocycles. The Bertz CT molecular complexity index is 751. The first-order chi connectivity index (χ1) is 11.3. The number of anilines is 2. The van der Waals surface area contributed by atoms with E-state index in [1.807, 2.05) is 42.5 Å². The van der Waals surface area contributed by atoms with E-state index in [0.717, 1.165) is 15.7 Å². The molecule has 2 N–H and O–H groups in total. The van der Waals surface area contributed by atoms with Crippen LogP contribution in [0.15, 0.2) is 53.0 Å². The summed E-state index contributed by atoms with van der Waals surface area (Å²) < 4.78 is 0.775. The number of amides is 2. The van der Waals surface area contributed by atoms with Crippen LogP contribution < -0.4 is 10.6 Å². The highest BCUT2D eigenvalue weighted by Crippen LogP contribution is 2.29. The molecule has 5 heteroatoms. The zero-order valence-electron chi connectivity index (χ0n) is 14.0.